The van der Waals surface area contributed by atoms with E-state index in [2.05, 4.69) is 13.8 Å². The second-order valence-electron chi connectivity index (χ2n) is 13.6. The second-order valence-corrected chi connectivity index (χ2v) is 15.1. The normalized spacial score (nSPS) is 14.0. The van der Waals surface area contributed by atoms with E-state index in [4.69, 9.17) is 18.5 Å². The van der Waals surface area contributed by atoms with Crippen molar-refractivity contribution in [2.45, 2.75) is 206 Å². The molecule has 0 aromatic carbocycles. The quantitative estimate of drug-likeness (QED) is 0.0319. The first-order valence-electron chi connectivity index (χ1n) is 20.0. The van der Waals surface area contributed by atoms with Gasteiger partial charge in [-0.15, -0.1) is 0 Å². The van der Waals surface area contributed by atoms with Gasteiger partial charge in [0, 0.05) is 12.8 Å². The molecular formula is C38H75O10P. The number of carbonyl (C=O) groups is 2. The van der Waals surface area contributed by atoms with E-state index in [0.29, 0.717) is 12.8 Å². The van der Waals surface area contributed by atoms with Crippen LogP contribution in [-0.2, 0) is 32.7 Å². The van der Waals surface area contributed by atoms with E-state index in [1.54, 1.807) is 0 Å². The van der Waals surface area contributed by atoms with Crippen LogP contribution in [0.15, 0.2) is 0 Å². The number of aliphatic hydroxyl groups is 2. The summed E-state index contributed by atoms with van der Waals surface area (Å²) in [5, 5.41) is 19.0. The predicted molar refractivity (Wildman–Crippen MR) is 196 cm³/mol. The van der Waals surface area contributed by atoms with Crippen molar-refractivity contribution in [3.05, 3.63) is 0 Å². The Labute approximate surface area is 299 Å². The van der Waals surface area contributed by atoms with Crippen molar-refractivity contribution >= 4 is 19.8 Å². The first kappa shape index (κ1) is 48.0. The number of aliphatic hydroxyl groups excluding tert-OH is 2. The second kappa shape index (κ2) is 35.4. The number of hydrogen-bond donors (Lipinski definition) is 3. The summed E-state index contributed by atoms with van der Waals surface area (Å²) in [5.74, 6) is -1.01. The Morgan fingerprint density at radius 1 is 0.469 bits per heavy atom. The van der Waals surface area contributed by atoms with Crippen LogP contribution in [-0.4, -0.2) is 65.7 Å². The number of ether oxygens (including phenoxy) is 2. The van der Waals surface area contributed by atoms with Crippen LogP contribution >= 0.6 is 7.82 Å². The molecule has 0 aliphatic carbocycles. The third-order valence-electron chi connectivity index (χ3n) is 8.82. The zero-order chi connectivity index (χ0) is 36.3. The number of esters is 2. The third-order valence-corrected chi connectivity index (χ3v) is 9.77. The Kier molecular flexibility index (Phi) is 34.6. The van der Waals surface area contributed by atoms with Gasteiger partial charge in [-0.05, 0) is 12.8 Å². The van der Waals surface area contributed by atoms with Crippen molar-refractivity contribution in [3.63, 3.8) is 0 Å². The maximum atomic E-state index is 12.3. The molecule has 3 unspecified atom stereocenters. The lowest BCUT2D eigenvalue weighted by Crippen LogP contribution is -2.28. The van der Waals surface area contributed by atoms with Crippen LogP contribution in [0.3, 0.4) is 0 Å². The molecule has 0 aliphatic heterocycles. The molecule has 10 nitrogen and oxygen atoms in total. The molecule has 292 valence electrons. The van der Waals surface area contributed by atoms with Gasteiger partial charge in [0.2, 0.25) is 0 Å². The summed E-state index contributed by atoms with van der Waals surface area (Å²) in [6.07, 6.45) is 29.5. The molecule has 0 saturated carbocycles. The highest BCUT2D eigenvalue weighted by Crippen LogP contribution is 2.43. The Bertz CT molecular complexity index is 796. The smallest absolute Gasteiger partial charge is 0.457 e. The minimum Gasteiger partial charge on any atom is -0.457 e. The van der Waals surface area contributed by atoms with Gasteiger partial charge in [-0.1, -0.05) is 168 Å². The minimum absolute atomic E-state index is 0.196. The molecule has 11 heteroatoms. The van der Waals surface area contributed by atoms with Gasteiger partial charge in [0.15, 0.2) is 0 Å². The third kappa shape index (κ3) is 33.9. The number of phosphoric acid groups is 1. The van der Waals surface area contributed by atoms with Crippen molar-refractivity contribution < 1.29 is 47.8 Å². The van der Waals surface area contributed by atoms with Crippen molar-refractivity contribution in [2.75, 3.05) is 26.4 Å². The van der Waals surface area contributed by atoms with Crippen LogP contribution in [0, 0.1) is 0 Å². The van der Waals surface area contributed by atoms with Crippen molar-refractivity contribution in [3.8, 4) is 0 Å². The summed E-state index contributed by atoms with van der Waals surface area (Å²) >= 11 is 0. The first-order valence-corrected chi connectivity index (χ1v) is 21.5. The van der Waals surface area contributed by atoms with E-state index in [9.17, 15) is 29.3 Å². The number of carbonyl (C=O) groups excluding carboxylic acids is 2. The molecule has 0 amide bonds. The minimum atomic E-state index is -4.62. The molecule has 0 fully saturated rings. The van der Waals surface area contributed by atoms with Gasteiger partial charge in [-0.3, -0.25) is 18.6 Å². The van der Waals surface area contributed by atoms with E-state index >= 15 is 0 Å². The highest BCUT2D eigenvalue weighted by Gasteiger charge is 2.27. The van der Waals surface area contributed by atoms with Gasteiger partial charge in [-0.2, -0.15) is 0 Å². The van der Waals surface area contributed by atoms with E-state index < -0.39 is 58.4 Å². The van der Waals surface area contributed by atoms with Crippen molar-refractivity contribution in [1.29, 1.82) is 0 Å². The lowest BCUT2D eigenvalue weighted by Gasteiger charge is -2.20. The molecule has 0 bridgehead atoms. The van der Waals surface area contributed by atoms with Crippen LogP contribution in [0.4, 0.5) is 0 Å². The van der Waals surface area contributed by atoms with Gasteiger partial charge in [-0.25, -0.2) is 4.57 Å². The van der Waals surface area contributed by atoms with Crippen molar-refractivity contribution in [2.24, 2.45) is 0 Å². The SMILES string of the molecule is CCCCCCCCCCCCCCCCCCCCC(=O)OC(CO)COP(=O)(O)OCC(CO)OC(=O)CCCCCCCCCC. The van der Waals surface area contributed by atoms with Gasteiger partial charge in [0.1, 0.15) is 12.2 Å². The Balaban J connectivity index is 3.87. The van der Waals surface area contributed by atoms with E-state index in [1.165, 1.54) is 116 Å². The topological polar surface area (TPSA) is 149 Å². The molecule has 0 aromatic rings. The summed E-state index contributed by atoms with van der Waals surface area (Å²) < 4.78 is 32.4. The molecule has 0 radical (unpaired) electrons. The van der Waals surface area contributed by atoms with Crippen LogP contribution in [0.1, 0.15) is 194 Å². The number of unbranched alkanes of at least 4 members (excludes halogenated alkanes) is 24. The molecule has 3 N–H and O–H groups in total. The van der Waals surface area contributed by atoms with Crippen LogP contribution in [0.25, 0.3) is 0 Å². The van der Waals surface area contributed by atoms with Gasteiger partial charge in [0.05, 0.1) is 26.4 Å². The zero-order valence-corrected chi connectivity index (χ0v) is 32.3. The molecule has 0 spiro atoms. The van der Waals surface area contributed by atoms with Gasteiger partial charge < -0.3 is 24.6 Å². The fourth-order valence-electron chi connectivity index (χ4n) is 5.70. The average Bonchev–Trinajstić information content (AvgIpc) is 3.09. The first-order chi connectivity index (χ1) is 23.8. The van der Waals surface area contributed by atoms with E-state index in [0.717, 1.165) is 38.5 Å². The summed E-state index contributed by atoms with van der Waals surface area (Å²) in [7, 11) is -4.62. The zero-order valence-electron chi connectivity index (χ0n) is 31.4. The summed E-state index contributed by atoms with van der Waals surface area (Å²) in [4.78, 5) is 34.3. The number of hydrogen-bond acceptors (Lipinski definition) is 9. The van der Waals surface area contributed by atoms with Gasteiger partial charge in [0.25, 0.3) is 0 Å². The number of phosphoric ester groups is 1. The summed E-state index contributed by atoms with van der Waals surface area (Å²) in [6.45, 7) is 2.18. The van der Waals surface area contributed by atoms with Crippen LogP contribution in [0.5, 0.6) is 0 Å². The Morgan fingerprint density at radius 2 is 0.714 bits per heavy atom. The standard InChI is InChI=1S/C38H75O10P/c1-3-5-7-9-11-13-14-15-16-17-18-19-20-21-22-24-26-28-30-38(42)48-36(32-40)34-46-49(43,44)45-33-35(31-39)47-37(41)29-27-25-23-12-10-8-6-4-2/h35-36,39-40H,3-34H2,1-2H3,(H,43,44). The largest absolute Gasteiger partial charge is 0.472 e. The summed E-state index contributed by atoms with van der Waals surface area (Å²) in [6, 6.07) is 0. The molecule has 0 saturated heterocycles. The van der Waals surface area contributed by atoms with Crippen LogP contribution in [0.2, 0.25) is 0 Å². The maximum Gasteiger partial charge on any atom is 0.472 e. The molecule has 3 atom stereocenters. The molecule has 49 heavy (non-hydrogen) atoms. The highest BCUT2D eigenvalue weighted by molar-refractivity contribution is 7.47. The van der Waals surface area contributed by atoms with E-state index in [-0.39, 0.29) is 12.8 Å². The molecule has 0 aliphatic rings. The maximum absolute atomic E-state index is 12.3. The number of rotatable bonds is 38. The average molecular weight is 723 g/mol. The predicted octanol–water partition coefficient (Wildman–Crippen LogP) is 9.89. The Hall–Kier alpha value is -1.03. The van der Waals surface area contributed by atoms with Crippen molar-refractivity contribution in [1.82, 2.24) is 0 Å². The molecular weight excluding hydrogens is 647 g/mol. The fraction of sp³-hybridized carbons (Fsp3) is 0.947. The molecule has 0 rings (SSSR count). The van der Waals surface area contributed by atoms with E-state index in [1.807, 2.05) is 0 Å². The lowest BCUT2D eigenvalue weighted by molar-refractivity contribution is -0.153. The molecule has 0 heterocycles. The highest BCUT2D eigenvalue weighted by atomic mass is 31.2. The fourth-order valence-corrected chi connectivity index (χ4v) is 6.49. The molecule has 0 aromatic heterocycles. The Morgan fingerprint density at radius 3 is 0.959 bits per heavy atom. The van der Waals surface area contributed by atoms with Crippen LogP contribution < -0.4 is 0 Å². The summed E-state index contributed by atoms with van der Waals surface area (Å²) in [5.41, 5.74) is 0. The van der Waals surface area contributed by atoms with Gasteiger partial charge >= 0.3 is 19.8 Å². The monoisotopic (exact) mass is 723 g/mol. The lowest BCUT2D eigenvalue weighted by atomic mass is 10.0.